The second-order valence-electron chi connectivity index (χ2n) is 4.59. The maximum absolute atomic E-state index is 9.67. The van der Waals surface area contributed by atoms with Crippen molar-refractivity contribution >= 4 is 0 Å². The molecule has 0 fully saturated rings. The first-order chi connectivity index (χ1) is 8.07. The first-order valence-electron chi connectivity index (χ1n) is 6.18. The summed E-state index contributed by atoms with van der Waals surface area (Å²) in [6, 6.07) is 0.612. The molecule has 0 saturated carbocycles. The maximum atomic E-state index is 9.67. The molecule has 3 nitrogen and oxygen atoms in total. The summed E-state index contributed by atoms with van der Waals surface area (Å²) in [6.07, 6.45) is 10.9. The Balaban J connectivity index is 2.61. The summed E-state index contributed by atoms with van der Waals surface area (Å²) >= 11 is 0. The van der Waals surface area contributed by atoms with Gasteiger partial charge in [0, 0.05) is 6.04 Å². The van der Waals surface area contributed by atoms with Crippen molar-refractivity contribution < 1.29 is 5.11 Å². The molecule has 0 amide bonds. The predicted octanol–water partition coefficient (Wildman–Crippen LogP) is 2.02. The SMILES string of the molecule is C/C=C\C=C\CC1NC=C(C)[C@@H]1N(C)[C@H](C)O. The van der Waals surface area contributed by atoms with Gasteiger partial charge in [-0.05, 0) is 46.0 Å². The van der Waals surface area contributed by atoms with Crippen molar-refractivity contribution in [3.63, 3.8) is 0 Å². The number of hydrogen-bond acceptors (Lipinski definition) is 3. The molecule has 0 aliphatic carbocycles. The van der Waals surface area contributed by atoms with Gasteiger partial charge in [-0.1, -0.05) is 24.3 Å². The van der Waals surface area contributed by atoms with E-state index in [0.717, 1.165) is 6.42 Å². The minimum absolute atomic E-state index is 0.269. The van der Waals surface area contributed by atoms with Gasteiger partial charge in [-0.25, -0.2) is 0 Å². The number of allylic oxidation sites excluding steroid dienone is 3. The molecule has 3 atom stereocenters. The van der Waals surface area contributed by atoms with Crippen LogP contribution in [0.25, 0.3) is 0 Å². The first-order valence-corrected chi connectivity index (χ1v) is 6.18. The Labute approximate surface area is 105 Å². The molecular weight excluding hydrogens is 212 g/mol. The van der Waals surface area contributed by atoms with Gasteiger partial charge in [-0.15, -0.1) is 0 Å². The molecule has 0 aromatic rings. The highest BCUT2D eigenvalue weighted by Gasteiger charge is 2.31. The van der Waals surface area contributed by atoms with Crippen LogP contribution in [0.2, 0.25) is 0 Å². The van der Waals surface area contributed by atoms with Crippen LogP contribution in [0.4, 0.5) is 0 Å². The Bertz CT molecular complexity index is 318. The molecule has 3 heteroatoms. The Morgan fingerprint density at radius 3 is 2.82 bits per heavy atom. The molecule has 96 valence electrons. The van der Waals surface area contributed by atoms with Gasteiger partial charge in [0.25, 0.3) is 0 Å². The van der Waals surface area contributed by atoms with E-state index in [1.165, 1.54) is 5.57 Å². The number of aliphatic hydroxyl groups excluding tert-OH is 1. The van der Waals surface area contributed by atoms with Crippen molar-refractivity contribution in [2.75, 3.05) is 7.05 Å². The lowest BCUT2D eigenvalue weighted by molar-refractivity contribution is 0.0125. The van der Waals surface area contributed by atoms with Gasteiger partial charge in [-0.2, -0.15) is 0 Å². The molecule has 1 rings (SSSR count). The normalized spacial score (nSPS) is 26.8. The average Bonchev–Trinajstić information content (AvgIpc) is 2.65. The van der Waals surface area contributed by atoms with Crippen molar-refractivity contribution in [2.24, 2.45) is 0 Å². The summed E-state index contributed by atoms with van der Waals surface area (Å²) in [7, 11) is 1.96. The van der Waals surface area contributed by atoms with Gasteiger partial charge in [0.1, 0.15) is 6.23 Å². The molecular formula is C14H24N2O. The highest BCUT2D eigenvalue weighted by Crippen LogP contribution is 2.22. The van der Waals surface area contributed by atoms with Crippen LogP contribution in [-0.4, -0.2) is 35.4 Å². The van der Waals surface area contributed by atoms with Gasteiger partial charge in [0.15, 0.2) is 0 Å². The third kappa shape index (κ3) is 3.72. The Hall–Kier alpha value is -1.06. The van der Waals surface area contributed by atoms with Gasteiger partial charge in [0.05, 0.1) is 6.04 Å². The van der Waals surface area contributed by atoms with Crippen LogP contribution < -0.4 is 5.32 Å². The van der Waals surface area contributed by atoms with Gasteiger partial charge >= 0.3 is 0 Å². The van der Waals surface area contributed by atoms with Crippen molar-refractivity contribution in [2.45, 2.75) is 45.5 Å². The molecule has 1 aliphatic heterocycles. The molecule has 0 aromatic heterocycles. The summed E-state index contributed by atoms with van der Waals surface area (Å²) in [5.41, 5.74) is 1.28. The van der Waals surface area contributed by atoms with Gasteiger partial charge < -0.3 is 10.4 Å². The molecule has 1 aliphatic rings. The fourth-order valence-corrected chi connectivity index (χ4v) is 2.18. The van der Waals surface area contributed by atoms with E-state index in [0.29, 0.717) is 6.04 Å². The lowest BCUT2D eigenvalue weighted by Gasteiger charge is -2.32. The first kappa shape index (κ1) is 14.0. The summed E-state index contributed by atoms with van der Waals surface area (Å²) in [4.78, 5) is 2.00. The van der Waals surface area contributed by atoms with Crippen LogP contribution in [0.1, 0.15) is 27.2 Å². The Morgan fingerprint density at radius 1 is 1.53 bits per heavy atom. The van der Waals surface area contributed by atoms with Crippen molar-refractivity contribution in [1.29, 1.82) is 0 Å². The van der Waals surface area contributed by atoms with E-state index in [1.807, 2.05) is 31.0 Å². The number of hydrogen-bond donors (Lipinski definition) is 2. The van der Waals surface area contributed by atoms with Crippen LogP contribution >= 0.6 is 0 Å². The van der Waals surface area contributed by atoms with Crippen molar-refractivity contribution in [3.8, 4) is 0 Å². The van der Waals surface area contributed by atoms with Crippen LogP contribution in [0.3, 0.4) is 0 Å². The molecule has 17 heavy (non-hydrogen) atoms. The van der Waals surface area contributed by atoms with Crippen molar-refractivity contribution in [3.05, 3.63) is 36.1 Å². The standard InChI is InChI=1S/C14H24N2O/c1-5-6-7-8-9-13-14(11(2)10-15-13)16(4)12(3)17/h5-8,10,12-15,17H,9H2,1-4H3/b6-5-,8-7+/t12-,13?,14-/m0/s1. The largest absolute Gasteiger partial charge is 0.386 e. The molecule has 0 saturated heterocycles. The number of likely N-dealkylation sites (N-methyl/N-ethyl adjacent to an activating group) is 1. The molecule has 1 unspecified atom stereocenters. The summed E-state index contributed by atoms with van der Waals surface area (Å²) in [5.74, 6) is 0. The van der Waals surface area contributed by atoms with Crippen LogP contribution in [0.5, 0.6) is 0 Å². The number of nitrogens with zero attached hydrogens (tertiary/aromatic N) is 1. The fourth-order valence-electron chi connectivity index (χ4n) is 2.18. The molecule has 0 bridgehead atoms. The third-order valence-corrected chi connectivity index (χ3v) is 3.23. The van der Waals surface area contributed by atoms with Crippen molar-refractivity contribution in [1.82, 2.24) is 10.2 Å². The second-order valence-corrected chi connectivity index (χ2v) is 4.59. The zero-order chi connectivity index (χ0) is 12.8. The van der Waals surface area contributed by atoms with E-state index in [9.17, 15) is 5.11 Å². The monoisotopic (exact) mass is 236 g/mol. The lowest BCUT2D eigenvalue weighted by atomic mass is 10.0. The summed E-state index contributed by atoms with van der Waals surface area (Å²) in [5, 5.41) is 13.0. The minimum Gasteiger partial charge on any atom is -0.386 e. The van der Waals surface area contributed by atoms with E-state index in [-0.39, 0.29) is 6.04 Å². The van der Waals surface area contributed by atoms with Crippen LogP contribution in [0, 0.1) is 0 Å². The summed E-state index contributed by atoms with van der Waals surface area (Å²) in [6.45, 7) is 5.92. The van der Waals surface area contributed by atoms with E-state index >= 15 is 0 Å². The molecule has 0 spiro atoms. The highest BCUT2D eigenvalue weighted by atomic mass is 16.3. The maximum Gasteiger partial charge on any atom is 0.104 e. The Morgan fingerprint density at radius 2 is 2.24 bits per heavy atom. The summed E-state index contributed by atoms with van der Waals surface area (Å²) < 4.78 is 0. The number of aliphatic hydroxyl groups is 1. The van der Waals surface area contributed by atoms with E-state index in [2.05, 4.69) is 30.6 Å². The van der Waals surface area contributed by atoms with Crippen LogP contribution in [-0.2, 0) is 0 Å². The number of rotatable bonds is 5. The topological polar surface area (TPSA) is 35.5 Å². The third-order valence-electron chi connectivity index (χ3n) is 3.23. The molecule has 1 heterocycles. The predicted molar refractivity (Wildman–Crippen MR) is 72.5 cm³/mol. The molecule has 0 radical (unpaired) electrons. The number of nitrogens with one attached hydrogen (secondary N) is 1. The Kier molecular flexibility index (Phi) is 5.45. The van der Waals surface area contributed by atoms with E-state index in [4.69, 9.17) is 0 Å². The zero-order valence-electron chi connectivity index (χ0n) is 11.2. The van der Waals surface area contributed by atoms with Crippen LogP contribution in [0.15, 0.2) is 36.1 Å². The minimum atomic E-state index is -0.426. The fraction of sp³-hybridized carbons (Fsp3) is 0.571. The average molecular weight is 236 g/mol. The lowest BCUT2D eigenvalue weighted by Crippen LogP contribution is -2.47. The van der Waals surface area contributed by atoms with E-state index < -0.39 is 6.23 Å². The highest BCUT2D eigenvalue weighted by molar-refractivity contribution is 5.20. The molecule has 2 N–H and O–H groups in total. The smallest absolute Gasteiger partial charge is 0.104 e. The second kappa shape index (κ2) is 6.62. The van der Waals surface area contributed by atoms with Gasteiger partial charge in [-0.3, -0.25) is 4.90 Å². The zero-order valence-corrected chi connectivity index (χ0v) is 11.2. The quantitative estimate of drug-likeness (QED) is 0.566. The van der Waals surface area contributed by atoms with E-state index in [1.54, 1.807) is 6.92 Å². The van der Waals surface area contributed by atoms with Gasteiger partial charge in [0.2, 0.25) is 0 Å². The molecule has 0 aromatic carbocycles.